The van der Waals surface area contributed by atoms with Gasteiger partial charge in [-0.3, -0.25) is 19.9 Å². The van der Waals surface area contributed by atoms with Gasteiger partial charge in [0.05, 0.1) is 23.3 Å². The molecule has 0 spiro atoms. The highest BCUT2D eigenvalue weighted by molar-refractivity contribution is 7.80. The van der Waals surface area contributed by atoms with Gasteiger partial charge < -0.3 is 19.4 Å². The lowest BCUT2D eigenvalue weighted by Crippen LogP contribution is -2.35. The zero-order valence-corrected chi connectivity index (χ0v) is 18.0. The van der Waals surface area contributed by atoms with E-state index in [1.807, 2.05) is 24.3 Å². The van der Waals surface area contributed by atoms with Gasteiger partial charge in [0.1, 0.15) is 24.1 Å². The number of furan rings is 1. The van der Waals surface area contributed by atoms with Crippen LogP contribution in [-0.2, 0) is 9.53 Å². The largest absolute Gasteiger partial charge is 0.465 e. The summed E-state index contributed by atoms with van der Waals surface area (Å²) in [5.41, 5.74) is 1.45. The summed E-state index contributed by atoms with van der Waals surface area (Å²) in [4.78, 5) is 28.9. The van der Waals surface area contributed by atoms with E-state index in [1.54, 1.807) is 36.2 Å². The normalized spacial score (nSPS) is 17.8. The van der Waals surface area contributed by atoms with Crippen LogP contribution in [0.5, 0.6) is 0 Å². The van der Waals surface area contributed by atoms with Crippen molar-refractivity contribution in [3.05, 3.63) is 82.4 Å². The van der Waals surface area contributed by atoms with Crippen molar-refractivity contribution < 1.29 is 18.9 Å². The van der Waals surface area contributed by atoms with Crippen LogP contribution in [0.1, 0.15) is 30.5 Å². The van der Waals surface area contributed by atoms with Gasteiger partial charge in [-0.1, -0.05) is 6.07 Å². The molecule has 2 atom stereocenters. The summed E-state index contributed by atoms with van der Waals surface area (Å²) >= 11 is 5.51. The first-order valence-corrected chi connectivity index (χ1v) is 10.4. The maximum Gasteiger partial charge on any atom is 0.325 e. The monoisotopic (exact) mass is 452 g/mol. The number of aromatic nitrogens is 1. The number of non-ortho nitro benzene ring substituents is 1. The third kappa shape index (κ3) is 4.30. The van der Waals surface area contributed by atoms with E-state index in [4.69, 9.17) is 21.4 Å². The molecule has 0 bridgehead atoms. The van der Waals surface area contributed by atoms with Gasteiger partial charge in [-0.2, -0.15) is 0 Å². The van der Waals surface area contributed by atoms with E-state index >= 15 is 0 Å². The van der Waals surface area contributed by atoms with Gasteiger partial charge in [0, 0.05) is 23.9 Å². The Balaban J connectivity index is 1.68. The first-order chi connectivity index (χ1) is 15.5. The Morgan fingerprint density at radius 1 is 1.25 bits per heavy atom. The van der Waals surface area contributed by atoms with Crippen LogP contribution in [0.15, 0.2) is 65.2 Å². The lowest BCUT2D eigenvalue weighted by atomic mass is 10.0. The number of nitrogens with one attached hydrogen (secondary N) is 1. The Bertz CT molecular complexity index is 1130. The number of carbonyl (C=O) groups is 1. The molecule has 1 aliphatic rings. The smallest absolute Gasteiger partial charge is 0.325 e. The van der Waals surface area contributed by atoms with E-state index in [-0.39, 0.29) is 24.9 Å². The van der Waals surface area contributed by atoms with Crippen LogP contribution < -0.4 is 5.32 Å². The Morgan fingerprint density at radius 3 is 2.69 bits per heavy atom. The molecule has 2 aromatic heterocycles. The van der Waals surface area contributed by atoms with Gasteiger partial charge in [0.25, 0.3) is 5.69 Å². The Hall–Kier alpha value is -3.79. The van der Waals surface area contributed by atoms with Gasteiger partial charge in [0.15, 0.2) is 5.11 Å². The van der Waals surface area contributed by atoms with E-state index in [1.165, 1.54) is 12.1 Å². The van der Waals surface area contributed by atoms with Crippen molar-refractivity contribution in [1.82, 2.24) is 15.2 Å². The molecule has 2 unspecified atom stereocenters. The Labute approximate surface area is 189 Å². The molecule has 1 aliphatic heterocycles. The third-order valence-corrected chi connectivity index (χ3v) is 5.44. The molecule has 0 radical (unpaired) electrons. The standard InChI is InChI=1S/C22H20N4O5S/c1-2-30-19(27)13-25-21(20(24-22(25)32)16-5-3-4-12-23-16)18-11-10-17(31-18)14-6-8-15(9-7-14)26(28)29/h3-12,20-21H,2,13H2,1H3,(H,24,32). The molecule has 3 aromatic rings. The van der Waals surface area contributed by atoms with Gasteiger partial charge in [-0.25, -0.2) is 0 Å². The molecule has 3 heterocycles. The Morgan fingerprint density at radius 2 is 2.03 bits per heavy atom. The maximum absolute atomic E-state index is 12.2. The number of nitrogens with zero attached hydrogens (tertiary/aromatic N) is 3. The molecule has 0 saturated carbocycles. The van der Waals surface area contributed by atoms with Gasteiger partial charge in [0.2, 0.25) is 0 Å². The topological polar surface area (TPSA) is 111 Å². The van der Waals surface area contributed by atoms with Crippen LogP contribution in [0.4, 0.5) is 5.69 Å². The molecular weight excluding hydrogens is 432 g/mol. The molecule has 0 amide bonds. The fourth-order valence-corrected chi connectivity index (χ4v) is 3.95. The highest BCUT2D eigenvalue weighted by atomic mass is 32.1. The van der Waals surface area contributed by atoms with Crippen molar-refractivity contribution in [3.63, 3.8) is 0 Å². The number of esters is 1. The first-order valence-electron chi connectivity index (χ1n) is 9.96. The second-order valence-corrected chi connectivity index (χ2v) is 7.45. The maximum atomic E-state index is 12.2. The minimum atomic E-state index is -0.451. The van der Waals surface area contributed by atoms with Crippen molar-refractivity contribution in [1.29, 1.82) is 0 Å². The van der Waals surface area contributed by atoms with Crippen LogP contribution >= 0.6 is 12.2 Å². The number of hydrogen-bond acceptors (Lipinski definition) is 7. The second-order valence-electron chi connectivity index (χ2n) is 7.07. The SMILES string of the molecule is CCOC(=O)CN1C(=S)NC(c2ccccn2)C1c1ccc(-c2ccc([N+](=O)[O-])cc2)o1. The number of pyridine rings is 1. The van der Waals surface area contributed by atoms with Crippen molar-refractivity contribution >= 4 is 29.0 Å². The van der Waals surface area contributed by atoms with Crippen molar-refractivity contribution in [2.45, 2.75) is 19.0 Å². The minimum Gasteiger partial charge on any atom is -0.465 e. The van der Waals surface area contributed by atoms with Crippen molar-refractivity contribution in [3.8, 4) is 11.3 Å². The summed E-state index contributed by atoms with van der Waals surface area (Å²) in [6, 6.07) is 14.5. The van der Waals surface area contributed by atoms with E-state index in [0.29, 0.717) is 22.2 Å². The van der Waals surface area contributed by atoms with Gasteiger partial charge in [-0.05, 0) is 55.5 Å². The lowest BCUT2D eigenvalue weighted by molar-refractivity contribution is -0.384. The number of rotatable bonds is 7. The summed E-state index contributed by atoms with van der Waals surface area (Å²) in [6.45, 7) is 1.98. The lowest BCUT2D eigenvalue weighted by Gasteiger charge is -2.25. The van der Waals surface area contributed by atoms with E-state index in [9.17, 15) is 14.9 Å². The van der Waals surface area contributed by atoms with Gasteiger partial charge >= 0.3 is 5.97 Å². The second kappa shape index (κ2) is 9.15. The molecule has 1 N–H and O–H groups in total. The third-order valence-electron chi connectivity index (χ3n) is 5.08. The van der Waals surface area contributed by atoms with Gasteiger partial charge in [-0.15, -0.1) is 0 Å². The summed E-state index contributed by atoms with van der Waals surface area (Å²) in [6.07, 6.45) is 1.69. The number of thiocarbonyl (C=S) groups is 1. The fourth-order valence-electron chi connectivity index (χ4n) is 3.64. The van der Waals surface area contributed by atoms with Crippen LogP contribution in [-0.4, -0.2) is 39.0 Å². The van der Waals surface area contributed by atoms with Crippen LogP contribution in [0.3, 0.4) is 0 Å². The summed E-state index contributed by atoms with van der Waals surface area (Å²) in [5.74, 6) is 0.722. The van der Waals surface area contributed by atoms with Crippen LogP contribution in [0, 0.1) is 10.1 Å². The molecule has 1 saturated heterocycles. The first kappa shape index (κ1) is 21.4. The number of nitro benzene ring substituents is 1. The molecule has 10 heteroatoms. The average molecular weight is 452 g/mol. The number of nitro groups is 1. The zero-order chi connectivity index (χ0) is 22.7. The van der Waals surface area contributed by atoms with E-state index in [2.05, 4.69) is 10.3 Å². The highest BCUT2D eigenvalue weighted by Gasteiger charge is 2.42. The summed E-state index contributed by atoms with van der Waals surface area (Å²) in [5, 5.41) is 14.5. The predicted molar refractivity (Wildman–Crippen MR) is 120 cm³/mol. The predicted octanol–water partition coefficient (Wildman–Crippen LogP) is 3.79. The van der Waals surface area contributed by atoms with E-state index < -0.39 is 16.9 Å². The quantitative estimate of drug-likeness (QED) is 0.248. The Kier molecular flexibility index (Phi) is 6.13. The zero-order valence-electron chi connectivity index (χ0n) is 17.1. The number of ether oxygens (including phenoxy) is 1. The van der Waals surface area contributed by atoms with Crippen LogP contribution in [0.2, 0.25) is 0 Å². The highest BCUT2D eigenvalue weighted by Crippen LogP contribution is 2.40. The average Bonchev–Trinajstić information content (AvgIpc) is 3.40. The molecule has 164 valence electrons. The molecule has 1 aromatic carbocycles. The molecule has 4 rings (SSSR count). The summed E-state index contributed by atoms with van der Waals surface area (Å²) in [7, 11) is 0. The number of hydrogen-bond donors (Lipinski definition) is 1. The summed E-state index contributed by atoms with van der Waals surface area (Å²) < 4.78 is 11.2. The molecule has 32 heavy (non-hydrogen) atoms. The fraction of sp³-hybridized carbons (Fsp3) is 0.227. The van der Waals surface area contributed by atoms with E-state index in [0.717, 1.165) is 5.69 Å². The van der Waals surface area contributed by atoms with Crippen LogP contribution in [0.25, 0.3) is 11.3 Å². The number of carbonyl (C=O) groups excluding carboxylic acids is 1. The number of benzene rings is 1. The molecule has 9 nitrogen and oxygen atoms in total. The molecule has 0 aliphatic carbocycles. The molecule has 1 fully saturated rings. The van der Waals surface area contributed by atoms with Crippen molar-refractivity contribution in [2.75, 3.05) is 13.2 Å². The molecular formula is C22H20N4O5S. The van der Waals surface area contributed by atoms with Crippen molar-refractivity contribution in [2.24, 2.45) is 0 Å². The minimum absolute atomic E-state index is 0.00157.